The Hall–Kier alpha value is -1.62. The van der Waals surface area contributed by atoms with Gasteiger partial charge in [0.25, 0.3) is 0 Å². The molecular formula is C8H10N4O. The number of imidazole rings is 1. The van der Waals surface area contributed by atoms with Crippen LogP contribution in [0.2, 0.25) is 0 Å². The molecule has 0 unspecified atom stereocenters. The summed E-state index contributed by atoms with van der Waals surface area (Å²) in [6.07, 6.45) is 5.09. The first-order chi connectivity index (χ1) is 6.45. The standard InChI is InChI=1S/C8H10N4O/c1-4-13-12-7(1)5-9-6-8-10-2-3-11-8/h1-4,9H,5-6H2,(H,10,11). The zero-order valence-electron chi connectivity index (χ0n) is 7.03. The van der Waals surface area contributed by atoms with Gasteiger partial charge in [0.15, 0.2) is 0 Å². The maximum absolute atomic E-state index is 4.69. The number of nitrogens with zero attached hydrogens (tertiary/aromatic N) is 2. The van der Waals surface area contributed by atoms with Gasteiger partial charge in [0.2, 0.25) is 0 Å². The molecule has 5 nitrogen and oxygen atoms in total. The molecule has 2 aromatic heterocycles. The van der Waals surface area contributed by atoms with E-state index in [9.17, 15) is 0 Å². The third-order valence-corrected chi connectivity index (χ3v) is 1.64. The summed E-state index contributed by atoms with van der Waals surface area (Å²) in [6, 6.07) is 1.83. The molecule has 0 bridgehead atoms. The fraction of sp³-hybridized carbons (Fsp3) is 0.250. The largest absolute Gasteiger partial charge is 0.364 e. The van der Waals surface area contributed by atoms with Gasteiger partial charge in [-0.1, -0.05) is 5.16 Å². The van der Waals surface area contributed by atoms with E-state index in [4.69, 9.17) is 0 Å². The van der Waals surface area contributed by atoms with Crippen molar-refractivity contribution in [2.75, 3.05) is 0 Å². The van der Waals surface area contributed by atoms with E-state index in [1.807, 2.05) is 6.07 Å². The first-order valence-electron chi connectivity index (χ1n) is 4.03. The smallest absolute Gasteiger partial charge is 0.124 e. The molecule has 2 aromatic rings. The Kier molecular flexibility index (Phi) is 2.38. The zero-order chi connectivity index (χ0) is 8.93. The Morgan fingerprint density at radius 2 is 2.46 bits per heavy atom. The molecule has 2 N–H and O–H groups in total. The quantitative estimate of drug-likeness (QED) is 0.722. The molecule has 2 rings (SSSR count). The van der Waals surface area contributed by atoms with E-state index in [0.29, 0.717) is 13.1 Å². The maximum atomic E-state index is 4.69. The lowest BCUT2D eigenvalue weighted by atomic mass is 10.4. The van der Waals surface area contributed by atoms with Crippen molar-refractivity contribution in [1.82, 2.24) is 20.4 Å². The minimum Gasteiger partial charge on any atom is -0.364 e. The highest BCUT2D eigenvalue weighted by Crippen LogP contribution is 1.94. The van der Waals surface area contributed by atoms with E-state index in [0.717, 1.165) is 11.5 Å². The Balaban J connectivity index is 1.76. The first-order valence-corrected chi connectivity index (χ1v) is 4.03. The fourth-order valence-corrected chi connectivity index (χ4v) is 1.03. The first kappa shape index (κ1) is 8.00. The van der Waals surface area contributed by atoms with Crippen molar-refractivity contribution in [3.8, 4) is 0 Å². The molecule has 0 saturated heterocycles. The highest BCUT2D eigenvalue weighted by molar-refractivity contribution is 4.95. The summed E-state index contributed by atoms with van der Waals surface area (Å²) >= 11 is 0. The summed E-state index contributed by atoms with van der Waals surface area (Å²) < 4.78 is 4.69. The molecule has 0 aliphatic heterocycles. The van der Waals surface area contributed by atoms with E-state index < -0.39 is 0 Å². The van der Waals surface area contributed by atoms with Gasteiger partial charge in [-0.25, -0.2) is 4.98 Å². The molecule has 0 spiro atoms. The highest BCUT2D eigenvalue weighted by atomic mass is 16.5. The number of hydrogen-bond acceptors (Lipinski definition) is 4. The molecule has 2 heterocycles. The predicted molar refractivity (Wildman–Crippen MR) is 45.6 cm³/mol. The van der Waals surface area contributed by atoms with Crippen LogP contribution in [0.5, 0.6) is 0 Å². The van der Waals surface area contributed by atoms with E-state index in [1.165, 1.54) is 0 Å². The number of aromatic amines is 1. The second-order valence-electron chi connectivity index (χ2n) is 2.63. The summed E-state index contributed by atoms with van der Waals surface area (Å²) in [4.78, 5) is 7.07. The number of H-pyrrole nitrogens is 1. The topological polar surface area (TPSA) is 66.7 Å². The van der Waals surface area contributed by atoms with Crippen LogP contribution < -0.4 is 5.32 Å². The lowest BCUT2D eigenvalue weighted by Crippen LogP contribution is -2.13. The van der Waals surface area contributed by atoms with Crippen LogP contribution in [0.4, 0.5) is 0 Å². The van der Waals surface area contributed by atoms with Crippen LogP contribution in [0.3, 0.4) is 0 Å². The fourth-order valence-electron chi connectivity index (χ4n) is 1.03. The molecule has 68 valence electrons. The summed E-state index contributed by atoms with van der Waals surface area (Å²) in [5.74, 6) is 0.920. The number of nitrogens with one attached hydrogen (secondary N) is 2. The van der Waals surface area contributed by atoms with Gasteiger partial charge in [-0.15, -0.1) is 0 Å². The van der Waals surface area contributed by atoms with E-state index in [-0.39, 0.29) is 0 Å². The summed E-state index contributed by atoms with van der Waals surface area (Å²) in [7, 11) is 0. The van der Waals surface area contributed by atoms with Gasteiger partial charge in [0.05, 0.1) is 12.2 Å². The molecule has 0 aromatic carbocycles. The van der Waals surface area contributed by atoms with Crippen molar-refractivity contribution in [3.63, 3.8) is 0 Å². The molecule has 0 fully saturated rings. The minimum atomic E-state index is 0.692. The van der Waals surface area contributed by atoms with Gasteiger partial charge >= 0.3 is 0 Å². The third-order valence-electron chi connectivity index (χ3n) is 1.64. The van der Waals surface area contributed by atoms with Crippen LogP contribution in [0.25, 0.3) is 0 Å². The van der Waals surface area contributed by atoms with Gasteiger partial charge in [-0.3, -0.25) is 0 Å². The van der Waals surface area contributed by atoms with Crippen LogP contribution in [0.1, 0.15) is 11.5 Å². The van der Waals surface area contributed by atoms with Crippen molar-refractivity contribution in [2.24, 2.45) is 0 Å². The second kappa shape index (κ2) is 3.86. The highest BCUT2D eigenvalue weighted by Gasteiger charge is 1.96. The molecule has 0 saturated carbocycles. The van der Waals surface area contributed by atoms with Gasteiger partial charge in [0.1, 0.15) is 12.1 Å². The average Bonchev–Trinajstić information content (AvgIpc) is 2.75. The lowest BCUT2D eigenvalue weighted by molar-refractivity contribution is 0.408. The maximum Gasteiger partial charge on any atom is 0.124 e. The zero-order valence-corrected chi connectivity index (χ0v) is 7.03. The molecule has 0 aliphatic carbocycles. The molecular weight excluding hydrogens is 168 g/mol. The van der Waals surface area contributed by atoms with Crippen molar-refractivity contribution >= 4 is 0 Å². The van der Waals surface area contributed by atoms with Crippen molar-refractivity contribution in [2.45, 2.75) is 13.1 Å². The molecule has 0 aliphatic rings. The van der Waals surface area contributed by atoms with Crippen molar-refractivity contribution in [3.05, 3.63) is 36.2 Å². The summed E-state index contributed by atoms with van der Waals surface area (Å²) in [5, 5.41) is 6.94. The summed E-state index contributed by atoms with van der Waals surface area (Å²) in [6.45, 7) is 1.40. The average molecular weight is 178 g/mol. The van der Waals surface area contributed by atoms with Gasteiger partial charge in [-0.05, 0) is 0 Å². The third kappa shape index (κ3) is 2.16. The molecule has 0 amide bonds. The van der Waals surface area contributed by atoms with E-state index in [1.54, 1.807) is 18.7 Å². The molecule has 13 heavy (non-hydrogen) atoms. The van der Waals surface area contributed by atoms with E-state index >= 15 is 0 Å². The Morgan fingerprint density at radius 3 is 3.15 bits per heavy atom. The molecule has 5 heteroatoms. The van der Waals surface area contributed by atoms with Crippen LogP contribution in [-0.4, -0.2) is 15.1 Å². The van der Waals surface area contributed by atoms with Gasteiger partial charge in [0, 0.05) is 25.0 Å². The van der Waals surface area contributed by atoms with Crippen LogP contribution in [-0.2, 0) is 13.1 Å². The number of hydrogen-bond donors (Lipinski definition) is 2. The SMILES string of the molecule is c1c[nH]c(CNCc2ccon2)n1. The number of rotatable bonds is 4. The Bertz CT molecular complexity index is 293. The van der Waals surface area contributed by atoms with Crippen LogP contribution in [0.15, 0.2) is 29.2 Å². The summed E-state index contributed by atoms with van der Waals surface area (Å²) in [5.41, 5.74) is 0.895. The molecule has 0 radical (unpaired) electrons. The normalized spacial score (nSPS) is 10.5. The second-order valence-corrected chi connectivity index (χ2v) is 2.63. The monoisotopic (exact) mass is 178 g/mol. The Morgan fingerprint density at radius 1 is 1.46 bits per heavy atom. The Labute approximate surface area is 75.2 Å². The number of aromatic nitrogens is 3. The van der Waals surface area contributed by atoms with Crippen molar-refractivity contribution in [1.29, 1.82) is 0 Å². The van der Waals surface area contributed by atoms with Crippen molar-refractivity contribution < 1.29 is 4.52 Å². The van der Waals surface area contributed by atoms with Crippen LogP contribution >= 0.6 is 0 Å². The molecule has 0 atom stereocenters. The minimum absolute atomic E-state index is 0.692. The van der Waals surface area contributed by atoms with E-state index in [2.05, 4.69) is 25.0 Å². The van der Waals surface area contributed by atoms with Gasteiger partial charge < -0.3 is 14.8 Å². The lowest BCUT2D eigenvalue weighted by Gasteiger charge is -1.97. The predicted octanol–water partition coefficient (Wildman–Crippen LogP) is 0.687. The van der Waals surface area contributed by atoms with Gasteiger partial charge in [-0.2, -0.15) is 0 Å². The van der Waals surface area contributed by atoms with Crippen LogP contribution in [0, 0.1) is 0 Å².